The van der Waals surface area contributed by atoms with Gasteiger partial charge in [-0.3, -0.25) is 0 Å². The molecule has 3 rings (SSSR count). The van der Waals surface area contributed by atoms with Gasteiger partial charge in [0.05, 0.1) is 4.90 Å². The highest BCUT2D eigenvalue weighted by atomic mass is 35.5. The van der Waals surface area contributed by atoms with Crippen molar-refractivity contribution in [1.29, 1.82) is 0 Å². The Kier molecular flexibility index (Phi) is 4.89. The third-order valence-electron chi connectivity index (χ3n) is 4.48. The summed E-state index contributed by atoms with van der Waals surface area (Å²) in [7, 11) is -3.65. The van der Waals surface area contributed by atoms with Gasteiger partial charge in [-0.1, -0.05) is 29.3 Å². The van der Waals surface area contributed by atoms with Crippen LogP contribution < -0.4 is 0 Å². The van der Waals surface area contributed by atoms with E-state index >= 15 is 0 Å². The molecule has 1 fully saturated rings. The molecule has 0 bridgehead atoms. The number of rotatable bonds is 3. The molecule has 1 aliphatic heterocycles. The van der Waals surface area contributed by atoms with Gasteiger partial charge in [-0.15, -0.1) is 0 Å². The highest BCUT2D eigenvalue weighted by Gasteiger charge is 2.48. The molecule has 7 heteroatoms. The summed E-state index contributed by atoms with van der Waals surface area (Å²) < 4.78 is 31.4. The molecule has 0 unspecified atom stereocenters. The molecule has 0 radical (unpaired) electrons. The minimum atomic E-state index is -3.65. The lowest BCUT2D eigenvalue weighted by molar-refractivity contribution is 0.0738. The van der Waals surface area contributed by atoms with Crippen molar-refractivity contribution in [3.8, 4) is 0 Å². The van der Waals surface area contributed by atoms with E-state index in [2.05, 4.69) is 4.98 Å². The van der Waals surface area contributed by atoms with E-state index in [1.54, 1.807) is 43.3 Å². The first-order valence-electron chi connectivity index (χ1n) is 7.58. The molecule has 1 saturated heterocycles. The Balaban J connectivity index is 2.20. The van der Waals surface area contributed by atoms with Crippen LogP contribution in [0.25, 0.3) is 0 Å². The average molecular weight is 386 g/mol. The zero-order valence-electron chi connectivity index (χ0n) is 13.1. The van der Waals surface area contributed by atoms with Crippen LogP contribution in [0.3, 0.4) is 0 Å². The van der Waals surface area contributed by atoms with E-state index < -0.39 is 14.6 Å². The first kappa shape index (κ1) is 17.7. The first-order valence-corrected chi connectivity index (χ1v) is 9.82. The van der Waals surface area contributed by atoms with Gasteiger partial charge in [-0.25, -0.2) is 13.4 Å². The Bertz CT molecular complexity index is 845. The molecule has 24 heavy (non-hydrogen) atoms. The van der Waals surface area contributed by atoms with Crippen LogP contribution in [0.4, 0.5) is 0 Å². The molecule has 4 nitrogen and oxygen atoms in total. The molecule has 2 aromatic rings. The van der Waals surface area contributed by atoms with Crippen molar-refractivity contribution in [3.05, 3.63) is 57.8 Å². The van der Waals surface area contributed by atoms with Gasteiger partial charge in [0.15, 0.2) is 9.84 Å². The fourth-order valence-electron chi connectivity index (χ4n) is 3.24. The van der Waals surface area contributed by atoms with Crippen LogP contribution in [-0.4, -0.2) is 26.6 Å². The van der Waals surface area contributed by atoms with E-state index in [1.807, 2.05) is 0 Å². The normalized spacial score (nSPS) is 17.6. The highest BCUT2D eigenvalue weighted by molar-refractivity contribution is 7.92. The molecule has 1 aromatic carbocycles. The van der Waals surface area contributed by atoms with Crippen molar-refractivity contribution in [3.63, 3.8) is 0 Å². The SMILES string of the molecule is Cc1nc(Cl)ccc1C1(S(=O)(=O)c2ccc(Cl)cc2)CCOCC1. The number of hydrogen-bond acceptors (Lipinski definition) is 4. The monoisotopic (exact) mass is 385 g/mol. The number of halogens is 2. The molecule has 0 spiro atoms. The van der Waals surface area contributed by atoms with Gasteiger partial charge >= 0.3 is 0 Å². The van der Waals surface area contributed by atoms with E-state index in [-0.39, 0.29) is 4.90 Å². The maximum absolute atomic E-state index is 13.5. The van der Waals surface area contributed by atoms with Crippen LogP contribution in [-0.2, 0) is 19.3 Å². The predicted octanol–water partition coefficient (Wildman–Crippen LogP) is 4.18. The second-order valence-corrected chi connectivity index (χ2v) is 8.91. The summed E-state index contributed by atoms with van der Waals surface area (Å²) >= 11 is 11.9. The molecule has 0 amide bonds. The summed E-state index contributed by atoms with van der Waals surface area (Å²) in [6.45, 7) is 2.56. The van der Waals surface area contributed by atoms with Crippen molar-refractivity contribution in [2.24, 2.45) is 0 Å². The molecule has 0 aliphatic carbocycles. The van der Waals surface area contributed by atoms with Gasteiger partial charge < -0.3 is 4.74 Å². The van der Waals surface area contributed by atoms with Crippen molar-refractivity contribution < 1.29 is 13.2 Å². The lowest BCUT2D eigenvalue weighted by Gasteiger charge is -2.37. The Morgan fingerprint density at radius 2 is 1.67 bits per heavy atom. The molecule has 0 N–H and O–H groups in total. The third kappa shape index (κ3) is 2.94. The predicted molar refractivity (Wildman–Crippen MR) is 94.4 cm³/mol. The largest absolute Gasteiger partial charge is 0.381 e. The van der Waals surface area contributed by atoms with E-state index in [0.29, 0.717) is 47.5 Å². The molecule has 1 aromatic heterocycles. The Labute approximate surface area is 151 Å². The van der Waals surface area contributed by atoms with Crippen LogP contribution in [0.15, 0.2) is 41.3 Å². The number of ether oxygens (including phenoxy) is 1. The summed E-state index contributed by atoms with van der Waals surface area (Å²) in [6, 6.07) is 9.69. The second-order valence-electron chi connectivity index (χ2n) is 5.83. The van der Waals surface area contributed by atoms with Crippen LogP contribution in [0.5, 0.6) is 0 Å². The standard InChI is InChI=1S/C17H17Cl2NO3S/c1-12-15(6-7-16(19)20-12)17(8-10-23-11-9-17)24(21,22)14-4-2-13(18)3-5-14/h2-7H,8-11H2,1H3. The molecule has 0 atom stereocenters. The van der Waals surface area contributed by atoms with Crippen LogP contribution in [0, 0.1) is 6.92 Å². The van der Waals surface area contributed by atoms with Crippen molar-refractivity contribution in [1.82, 2.24) is 4.98 Å². The van der Waals surface area contributed by atoms with Gasteiger partial charge in [-0.05, 0) is 55.7 Å². The Morgan fingerprint density at radius 3 is 2.25 bits per heavy atom. The minimum absolute atomic E-state index is 0.253. The molecule has 128 valence electrons. The average Bonchev–Trinajstić information content (AvgIpc) is 2.55. The molecule has 1 aliphatic rings. The zero-order chi connectivity index (χ0) is 17.4. The quantitative estimate of drug-likeness (QED) is 0.743. The van der Waals surface area contributed by atoms with Crippen molar-refractivity contribution >= 4 is 33.0 Å². The maximum Gasteiger partial charge on any atom is 0.188 e. The smallest absolute Gasteiger partial charge is 0.188 e. The van der Waals surface area contributed by atoms with E-state index in [0.717, 1.165) is 0 Å². The summed E-state index contributed by atoms with van der Waals surface area (Å²) in [5.74, 6) is 0. The number of nitrogens with zero attached hydrogens (tertiary/aromatic N) is 1. The molecular weight excluding hydrogens is 369 g/mol. The summed E-state index contributed by atoms with van der Waals surface area (Å²) in [4.78, 5) is 4.51. The summed E-state index contributed by atoms with van der Waals surface area (Å²) in [5, 5.41) is 0.849. The fraction of sp³-hybridized carbons (Fsp3) is 0.353. The van der Waals surface area contributed by atoms with Gasteiger partial charge in [-0.2, -0.15) is 0 Å². The molecular formula is C17H17Cl2NO3S. The lowest BCUT2D eigenvalue weighted by atomic mass is 9.89. The number of pyridine rings is 1. The van der Waals surface area contributed by atoms with Crippen molar-refractivity contribution in [2.45, 2.75) is 29.4 Å². The Morgan fingerprint density at radius 1 is 1.04 bits per heavy atom. The number of benzene rings is 1. The second kappa shape index (κ2) is 6.64. The van der Waals surface area contributed by atoms with Crippen LogP contribution in [0.1, 0.15) is 24.1 Å². The number of sulfone groups is 1. The van der Waals surface area contributed by atoms with E-state index in [9.17, 15) is 8.42 Å². The van der Waals surface area contributed by atoms with Crippen LogP contribution in [0.2, 0.25) is 10.2 Å². The summed E-state index contributed by atoms with van der Waals surface area (Å²) in [6.07, 6.45) is 0.754. The lowest BCUT2D eigenvalue weighted by Crippen LogP contribution is -2.42. The van der Waals surface area contributed by atoms with E-state index in [1.165, 1.54) is 0 Å². The van der Waals surface area contributed by atoms with Gasteiger partial charge in [0, 0.05) is 23.9 Å². The molecule has 2 heterocycles. The minimum Gasteiger partial charge on any atom is -0.381 e. The maximum atomic E-state index is 13.5. The van der Waals surface area contributed by atoms with Gasteiger partial charge in [0.25, 0.3) is 0 Å². The van der Waals surface area contributed by atoms with Crippen molar-refractivity contribution in [2.75, 3.05) is 13.2 Å². The number of aryl methyl sites for hydroxylation is 1. The molecule has 0 saturated carbocycles. The topological polar surface area (TPSA) is 56.3 Å². The fourth-order valence-corrected chi connectivity index (χ4v) is 5.71. The van der Waals surface area contributed by atoms with E-state index in [4.69, 9.17) is 27.9 Å². The Hall–Kier alpha value is -1.14. The zero-order valence-corrected chi connectivity index (χ0v) is 15.5. The highest BCUT2D eigenvalue weighted by Crippen LogP contribution is 2.44. The summed E-state index contributed by atoms with van der Waals surface area (Å²) in [5.41, 5.74) is 1.31. The number of aromatic nitrogens is 1. The van der Waals surface area contributed by atoms with Gasteiger partial charge in [0.2, 0.25) is 0 Å². The third-order valence-corrected chi connectivity index (χ3v) is 7.49. The first-order chi connectivity index (χ1) is 11.4. The van der Waals surface area contributed by atoms with Crippen LogP contribution >= 0.6 is 23.2 Å². The number of hydrogen-bond donors (Lipinski definition) is 0. The van der Waals surface area contributed by atoms with Gasteiger partial charge in [0.1, 0.15) is 9.90 Å².